The molecule has 0 aromatic heterocycles. The van der Waals surface area contributed by atoms with E-state index in [-0.39, 0.29) is 5.97 Å². The number of rotatable bonds is 5. The molecular formula is C14H27NO2. The molecular weight excluding hydrogens is 214 g/mol. The van der Waals surface area contributed by atoms with Gasteiger partial charge >= 0.3 is 5.97 Å². The molecule has 1 saturated carbocycles. The molecule has 0 bridgehead atoms. The Morgan fingerprint density at radius 1 is 1.24 bits per heavy atom. The summed E-state index contributed by atoms with van der Waals surface area (Å²) in [6.07, 6.45) is 8.38. The highest BCUT2D eigenvalue weighted by Crippen LogP contribution is 2.21. The number of esters is 1. The van der Waals surface area contributed by atoms with Crippen molar-refractivity contribution in [2.45, 2.75) is 77.3 Å². The van der Waals surface area contributed by atoms with Crippen molar-refractivity contribution in [2.24, 2.45) is 0 Å². The van der Waals surface area contributed by atoms with Crippen LogP contribution in [0.3, 0.4) is 0 Å². The zero-order chi connectivity index (χ0) is 12.7. The van der Waals surface area contributed by atoms with Crippen LogP contribution in [-0.2, 0) is 9.53 Å². The third kappa shape index (κ3) is 4.30. The van der Waals surface area contributed by atoms with E-state index in [2.05, 4.69) is 5.32 Å². The van der Waals surface area contributed by atoms with Crippen molar-refractivity contribution in [1.29, 1.82) is 0 Å². The smallest absolute Gasteiger partial charge is 0.326 e. The third-order valence-electron chi connectivity index (χ3n) is 3.81. The number of carbonyl (C=O) groups excluding carboxylic acids is 1. The van der Waals surface area contributed by atoms with Crippen LogP contribution in [0.25, 0.3) is 0 Å². The minimum Gasteiger partial charge on any atom is -0.465 e. The van der Waals surface area contributed by atoms with Gasteiger partial charge in [-0.3, -0.25) is 10.1 Å². The van der Waals surface area contributed by atoms with Crippen molar-refractivity contribution in [2.75, 3.05) is 6.61 Å². The van der Waals surface area contributed by atoms with Crippen LogP contribution in [0.5, 0.6) is 0 Å². The van der Waals surface area contributed by atoms with E-state index in [0.717, 1.165) is 6.42 Å². The van der Waals surface area contributed by atoms with Gasteiger partial charge in [0.25, 0.3) is 0 Å². The molecule has 1 aliphatic rings. The van der Waals surface area contributed by atoms with Gasteiger partial charge in [0.1, 0.15) is 5.54 Å². The summed E-state index contributed by atoms with van der Waals surface area (Å²) in [5.74, 6) is -0.105. The monoisotopic (exact) mass is 241 g/mol. The summed E-state index contributed by atoms with van der Waals surface area (Å²) in [6, 6.07) is 0.479. The van der Waals surface area contributed by atoms with E-state index < -0.39 is 5.54 Å². The highest BCUT2D eigenvalue weighted by molar-refractivity contribution is 5.80. The Kier molecular flexibility index (Phi) is 5.96. The maximum Gasteiger partial charge on any atom is 0.326 e. The Hall–Kier alpha value is -0.570. The van der Waals surface area contributed by atoms with Gasteiger partial charge in [0.05, 0.1) is 6.61 Å². The summed E-state index contributed by atoms with van der Waals surface area (Å²) in [4.78, 5) is 12.0. The Labute approximate surface area is 105 Å². The maximum absolute atomic E-state index is 12.0. The van der Waals surface area contributed by atoms with Gasteiger partial charge in [-0.15, -0.1) is 0 Å². The molecule has 1 unspecified atom stereocenters. The average Bonchev–Trinajstić information content (AvgIpc) is 2.57. The second-order valence-electron chi connectivity index (χ2n) is 5.24. The van der Waals surface area contributed by atoms with E-state index in [0.29, 0.717) is 12.6 Å². The standard InChI is InChI=1S/C14H27NO2/c1-4-14(3,13(16)17-5-2)15-12-10-8-6-7-9-11-12/h12,15H,4-11H2,1-3H3. The van der Waals surface area contributed by atoms with Crippen molar-refractivity contribution in [3.63, 3.8) is 0 Å². The number of nitrogens with one attached hydrogen (secondary N) is 1. The molecule has 0 aromatic rings. The van der Waals surface area contributed by atoms with E-state index in [1.54, 1.807) is 0 Å². The van der Waals surface area contributed by atoms with Crippen LogP contribution in [0.1, 0.15) is 65.7 Å². The zero-order valence-corrected chi connectivity index (χ0v) is 11.6. The summed E-state index contributed by atoms with van der Waals surface area (Å²) in [7, 11) is 0. The van der Waals surface area contributed by atoms with Gasteiger partial charge in [-0.25, -0.2) is 0 Å². The van der Waals surface area contributed by atoms with Crippen LogP contribution in [-0.4, -0.2) is 24.2 Å². The molecule has 3 heteroatoms. The first-order valence-corrected chi connectivity index (χ1v) is 7.07. The topological polar surface area (TPSA) is 38.3 Å². The normalized spacial score (nSPS) is 21.6. The van der Waals surface area contributed by atoms with Crippen LogP contribution < -0.4 is 5.32 Å². The van der Waals surface area contributed by atoms with Crippen molar-refractivity contribution in [3.05, 3.63) is 0 Å². The lowest BCUT2D eigenvalue weighted by Gasteiger charge is -2.32. The van der Waals surface area contributed by atoms with Crippen LogP contribution in [0.2, 0.25) is 0 Å². The van der Waals surface area contributed by atoms with E-state index in [4.69, 9.17) is 4.74 Å². The molecule has 0 amide bonds. The van der Waals surface area contributed by atoms with Gasteiger partial charge in [0, 0.05) is 6.04 Å². The predicted octanol–water partition coefficient (Wildman–Crippen LogP) is 3.03. The average molecular weight is 241 g/mol. The van der Waals surface area contributed by atoms with E-state index in [9.17, 15) is 4.79 Å². The first-order valence-electron chi connectivity index (χ1n) is 7.07. The summed E-state index contributed by atoms with van der Waals surface area (Å²) in [5, 5.41) is 3.53. The van der Waals surface area contributed by atoms with Gasteiger partial charge in [-0.2, -0.15) is 0 Å². The molecule has 0 heterocycles. The number of hydrogen-bond acceptors (Lipinski definition) is 3. The van der Waals surface area contributed by atoms with Crippen LogP contribution in [0, 0.1) is 0 Å². The van der Waals surface area contributed by atoms with Crippen LogP contribution in [0.4, 0.5) is 0 Å². The lowest BCUT2D eigenvalue weighted by molar-refractivity contribution is -0.151. The fraction of sp³-hybridized carbons (Fsp3) is 0.929. The minimum absolute atomic E-state index is 0.105. The van der Waals surface area contributed by atoms with Gasteiger partial charge < -0.3 is 4.74 Å². The largest absolute Gasteiger partial charge is 0.465 e. The van der Waals surface area contributed by atoms with Crippen LogP contribution >= 0.6 is 0 Å². The van der Waals surface area contributed by atoms with Crippen molar-refractivity contribution >= 4 is 5.97 Å². The number of carbonyl (C=O) groups is 1. The van der Waals surface area contributed by atoms with Crippen molar-refractivity contribution in [1.82, 2.24) is 5.32 Å². The highest BCUT2D eigenvalue weighted by atomic mass is 16.5. The fourth-order valence-electron chi connectivity index (χ4n) is 2.47. The molecule has 0 radical (unpaired) electrons. The Morgan fingerprint density at radius 2 is 1.82 bits per heavy atom. The molecule has 100 valence electrons. The molecule has 3 nitrogen and oxygen atoms in total. The fourth-order valence-corrected chi connectivity index (χ4v) is 2.47. The second-order valence-corrected chi connectivity index (χ2v) is 5.24. The maximum atomic E-state index is 12.0. The molecule has 1 N–H and O–H groups in total. The molecule has 1 aliphatic carbocycles. The van der Waals surface area contributed by atoms with Crippen molar-refractivity contribution < 1.29 is 9.53 Å². The van der Waals surface area contributed by atoms with E-state index in [1.165, 1.54) is 38.5 Å². The zero-order valence-electron chi connectivity index (χ0n) is 11.6. The first-order chi connectivity index (χ1) is 8.12. The molecule has 0 aliphatic heterocycles. The molecule has 17 heavy (non-hydrogen) atoms. The SMILES string of the molecule is CCOC(=O)C(C)(CC)NC1CCCCCC1. The van der Waals surface area contributed by atoms with Gasteiger partial charge in [0.2, 0.25) is 0 Å². The summed E-state index contributed by atoms with van der Waals surface area (Å²) < 4.78 is 5.17. The summed E-state index contributed by atoms with van der Waals surface area (Å²) >= 11 is 0. The minimum atomic E-state index is -0.509. The molecule has 1 atom stereocenters. The van der Waals surface area contributed by atoms with Gasteiger partial charge in [-0.05, 0) is 33.1 Å². The van der Waals surface area contributed by atoms with Gasteiger partial charge in [-0.1, -0.05) is 32.6 Å². The van der Waals surface area contributed by atoms with E-state index >= 15 is 0 Å². The summed E-state index contributed by atoms with van der Waals surface area (Å²) in [6.45, 7) is 6.33. The number of hydrogen-bond donors (Lipinski definition) is 1. The highest BCUT2D eigenvalue weighted by Gasteiger charge is 2.34. The lowest BCUT2D eigenvalue weighted by Crippen LogP contribution is -2.54. The second kappa shape index (κ2) is 7.00. The Balaban J connectivity index is 2.56. The van der Waals surface area contributed by atoms with Gasteiger partial charge in [0.15, 0.2) is 0 Å². The first kappa shape index (κ1) is 14.5. The van der Waals surface area contributed by atoms with Crippen LogP contribution in [0.15, 0.2) is 0 Å². The molecule has 0 spiro atoms. The lowest BCUT2D eigenvalue weighted by atomic mass is 9.95. The molecule has 1 rings (SSSR count). The molecule has 0 saturated heterocycles. The summed E-state index contributed by atoms with van der Waals surface area (Å²) in [5.41, 5.74) is -0.509. The third-order valence-corrected chi connectivity index (χ3v) is 3.81. The predicted molar refractivity (Wildman–Crippen MR) is 70.0 cm³/mol. The van der Waals surface area contributed by atoms with Crippen molar-refractivity contribution in [3.8, 4) is 0 Å². The Bertz CT molecular complexity index is 234. The number of ether oxygens (including phenoxy) is 1. The quantitative estimate of drug-likeness (QED) is 0.594. The molecule has 1 fully saturated rings. The molecule has 0 aromatic carbocycles. The Morgan fingerprint density at radius 3 is 2.29 bits per heavy atom. The van der Waals surface area contributed by atoms with E-state index in [1.807, 2.05) is 20.8 Å².